The van der Waals surface area contributed by atoms with Crippen LogP contribution < -0.4 is 19.8 Å². The minimum atomic E-state index is -1.63. The molecule has 2 saturated heterocycles. The molecule has 276 valence electrons. The van der Waals surface area contributed by atoms with E-state index in [4.69, 9.17) is 32.7 Å². The smallest absolute Gasteiger partial charge is 0.260 e. The number of ether oxygens (including phenoxy) is 2. The number of imide groups is 2. The fourth-order valence-electron chi connectivity index (χ4n) is 9.26. The summed E-state index contributed by atoms with van der Waals surface area (Å²) in [5.74, 6) is -5.34. The Labute approximate surface area is 322 Å². The number of hydrogen-bond acceptors (Lipinski definition) is 8. The highest BCUT2D eigenvalue weighted by Crippen LogP contribution is 2.65. The maximum atomic E-state index is 15.4. The second-order valence-electron chi connectivity index (χ2n) is 14.1. The fraction of sp³-hybridized carbons (Fsp3) is 0.286. The summed E-state index contributed by atoms with van der Waals surface area (Å²) >= 11 is 12.7. The van der Waals surface area contributed by atoms with Crippen molar-refractivity contribution in [3.63, 3.8) is 0 Å². The summed E-state index contributed by atoms with van der Waals surface area (Å²) in [6, 6.07) is 24.1. The van der Waals surface area contributed by atoms with E-state index in [-0.39, 0.29) is 46.9 Å². The molecule has 4 aliphatic rings. The Balaban J connectivity index is 1.33. The third-order valence-electron chi connectivity index (χ3n) is 11.7. The first-order valence-electron chi connectivity index (χ1n) is 17.8. The zero-order valence-electron chi connectivity index (χ0n) is 29.7. The number of methoxy groups -OCH3 is 2. The van der Waals surface area contributed by atoms with Gasteiger partial charge in [-0.1, -0.05) is 78.2 Å². The Morgan fingerprint density at radius 1 is 0.870 bits per heavy atom. The Morgan fingerprint density at radius 2 is 1.61 bits per heavy atom. The van der Waals surface area contributed by atoms with Crippen LogP contribution in [0.15, 0.2) is 96.6 Å². The number of carbonyl (C=O) groups is 4. The number of phenolic OH excluding ortho intramolecular Hbond substituents is 1. The standard InChI is InChI=1S/C42H37Cl2N3O7/c1-4-22-8-13-25(14-9-22)46-38(49)28-18-17-27-30(35(28)40(46)51)21-31-39(50)47(45-33-19-12-24(43)20-32(33)44)41(52)42(31,23-10-15-26(53-2)16-11-23)36(27)29-6-5-7-34(54-3)37(29)48/h5-17,19-20,28,30-31,35-36,45,48H,4,18,21H2,1-3H3. The monoisotopic (exact) mass is 765 g/mol. The van der Waals surface area contributed by atoms with Crippen molar-refractivity contribution in [2.45, 2.75) is 37.5 Å². The highest BCUT2D eigenvalue weighted by atomic mass is 35.5. The third-order valence-corrected chi connectivity index (χ3v) is 12.3. The van der Waals surface area contributed by atoms with Crippen molar-refractivity contribution < 1.29 is 33.8 Å². The first-order chi connectivity index (χ1) is 26.0. The van der Waals surface area contributed by atoms with Crippen LogP contribution in [0, 0.1) is 23.7 Å². The van der Waals surface area contributed by atoms with Crippen LogP contribution in [0.5, 0.6) is 17.2 Å². The summed E-state index contributed by atoms with van der Waals surface area (Å²) in [6.45, 7) is 2.03. The number of hydrazine groups is 1. The molecule has 0 bridgehead atoms. The lowest BCUT2D eigenvalue weighted by atomic mass is 9.49. The van der Waals surface area contributed by atoms with Crippen LogP contribution >= 0.6 is 23.2 Å². The molecule has 2 heterocycles. The molecule has 4 aromatic rings. The number of phenols is 1. The zero-order valence-corrected chi connectivity index (χ0v) is 31.2. The zero-order chi connectivity index (χ0) is 38.1. The summed E-state index contributed by atoms with van der Waals surface area (Å²) in [5.41, 5.74) is 4.76. The molecule has 0 spiro atoms. The van der Waals surface area contributed by atoms with E-state index in [1.165, 1.54) is 25.2 Å². The number of hydrogen-bond donors (Lipinski definition) is 2. The maximum Gasteiger partial charge on any atom is 0.260 e. The van der Waals surface area contributed by atoms with Gasteiger partial charge in [0.25, 0.3) is 11.8 Å². The van der Waals surface area contributed by atoms with Crippen LogP contribution in [-0.4, -0.2) is 48.0 Å². The number of aromatic hydroxyl groups is 1. The van der Waals surface area contributed by atoms with Crippen LogP contribution in [0.3, 0.4) is 0 Å². The van der Waals surface area contributed by atoms with Gasteiger partial charge in [-0.05, 0) is 84.8 Å². The molecule has 2 aliphatic carbocycles. The van der Waals surface area contributed by atoms with E-state index in [1.807, 2.05) is 25.1 Å². The quantitative estimate of drug-likeness (QED) is 0.140. The summed E-state index contributed by atoms with van der Waals surface area (Å²) < 4.78 is 11.0. The average molecular weight is 767 g/mol. The highest BCUT2D eigenvalue weighted by molar-refractivity contribution is 6.36. The number of allylic oxidation sites excluding steroid dienone is 2. The number of benzene rings is 4. The van der Waals surface area contributed by atoms with Crippen LogP contribution in [-0.2, 0) is 31.0 Å². The number of nitrogens with one attached hydrogen (secondary N) is 1. The van der Waals surface area contributed by atoms with Gasteiger partial charge < -0.3 is 14.6 Å². The number of aryl methyl sites for hydroxylation is 1. The normalized spacial score (nSPS) is 25.9. The molecule has 4 amide bonds. The van der Waals surface area contributed by atoms with Gasteiger partial charge in [-0.15, -0.1) is 0 Å². The Morgan fingerprint density at radius 3 is 2.28 bits per heavy atom. The predicted molar refractivity (Wildman–Crippen MR) is 204 cm³/mol. The van der Waals surface area contributed by atoms with Crippen molar-refractivity contribution in [1.82, 2.24) is 5.01 Å². The second-order valence-corrected chi connectivity index (χ2v) is 15.0. The van der Waals surface area contributed by atoms with Crippen LogP contribution in [0.2, 0.25) is 10.0 Å². The average Bonchev–Trinajstić information content (AvgIpc) is 3.56. The summed E-state index contributed by atoms with van der Waals surface area (Å²) in [4.78, 5) is 60.4. The molecule has 2 aliphatic heterocycles. The molecule has 1 saturated carbocycles. The van der Waals surface area contributed by atoms with Crippen molar-refractivity contribution in [2.24, 2.45) is 23.7 Å². The predicted octanol–water partition coefficient (Wildman–Crippen LogP) is 7.47. The van der Waals surface area contributed by atoms with E-state index < -0.39 is 46.8 Å². The third kappa shape index (κ3) is 5.21. The molecule has 0 aromatic heterocycles. The SMILES string of the molecule is CCc1ccc(N2C(=O)C3CC=C4C(CC5C(=O)N(Nc6ccc(Cl)cc6Cl)C(=O)C5(c5ccc(OC)cc5)C4c4cccc(OC)c4O)C3C2=O)cc1. The first kappa shape index (κ1) is 35.7. The van der Waals surface area contributed by atoms with Gasteiger partial charge in [0, 0.05) is 16.5 Å². The maximum absolute atomic E-state index is 15.4. The first-order valence-corrected chi connectivity index (χ1v) is 18.6. The summed E-state index contributed by atoms with van der Waals surface area (Å²) in [7, 11) is 2.97. The molecular weight excluding hydrogens is 729 g/mol. The Bertz CT molecular complexity index is 2240. The van der Waals surface area contributed by atoms with Crippen molar-refractivity contribution in [2.75, 3.05) is 24.5 Å². The molecule has 6 atom stereocenters. The number of rotatable bonds is 8. The lowest BCUT2D eigenvalue weighted by Crippen LogP contribution is -2.53. The molecule has 4 aromatic carbocycles. The number of fused-ring (bicyclic) bond motifs is 4. The molecule has 8 rings (SSSR count). The summed E-state index contributed by atoms with van der Waals surface area (Å²) in [5, 5.41) is 13.4. The van der Waals surface area contributed by atoms with E-state index in [0.717, 1.165) is 17.0 Å². The number of carbonyl (C=O) groups excluding carboxylic acids is 4. The van der Waals surface area contributed by atoms with Gasteiger partial charge in [-0.25, -0.2) is 0 Å². The molecule has 10 nitrogen and oxygen atoms in total. The fourth-order valence-corrected chi connectivity index (χ4v) is 9.71. The number of para-hydroxylation sites is 1. The topological polar surface area (TPSA) is 125 Å². The van der Waals surface area contributed by atoms with Gasteiger partial charge in [0.1, 0.15) is 5.75 Å². The van der Waals surface area contributed by atoms with Crippen LogP contribution in [0.25, 0.3) is 0 Å². The van der Waals surface area contributed by atoms with Gasteiger partial charge in [-0.2, -0.15) is 5.01 Å². The lowest BCUT2D eigenvalue weighted by molar-refractivity contribution is -0.138. The minimum Gasteiger partial charge on any atom is -0.504 e. The molecule has 3 fully saturated rings. The van der Waals surface area contributed by atoms with Crippen molar-refractivity contribution in [3.8, 4) is 17.2 Å². The largest absolute Gasteiger partial charge is 0.504 e. The number of amides is 4. The minimum absolute atomic E-state index is 0.0823. The lowest BCUT2D eigenvalue weighted by Gasteiger charge is -2.50. The van der Waals surface area contributed by atoms with Crippen molar-refractivity contribution in [1.29, 1.82) is 0 Å². The molecule has 2 N–H and O–H groups in total. The number of anilines is 2. The van der Waals surface area contributed by atoms with E-state index in [1.54, 1.807) is 66.7 Å². The van der Waals surface area contributed by atoms with Gasteiger partial charge in [0.05, 0.1) is 53.8 Å². The van der Waals surface area contributed by atoms with Gasteiger partial charge in [0.15, 0.2) is 11.5 Å². The molecule has 12 heteroatoms. The molecule has 0 radical (unpaired) electrons. The number of halogens is 2. The van der Waals surface area contributed by atoms with Gasteiger partial charge in [-0.3, -0.25) is 29.5 Å². The highest BCUT2D eigenvalue weighted by Gasteiger charge is 2.70. The number of nitrogens with zero attached hydrogens (tertiary/aromatic N) is 2. The summed E-state index contributed by atoms with van der Waals surface area (Å²) in [6.07, 6.45) is 3.07. The van der Waals surface area contributed by atoms with Crippen molar-refractivity contribution in [3.05, 3.63) is 123 Å². The van der Waals surface area contributed by atoms with Crippen LogP contribution in [0.4, 0.5) is 11.4 Å². The Kier molecular flexibility index (Phi) is 8.93. The van der Waals surface area contributed by atoms with Gasteiger partial charge in [0.2, 0.25) is 11.8 Å². The van der Waals surface area contributed by atoms with Gasteiger partial charge >= 0.3 is 0 Å². The Hall–Kier alpha value is -5.32. The van der Waals surface area contributed by atoms with E-state index in [9.17, 15) is 19.5 Å². The van der Waals surface area contributed by atoms with Crippen molar-refractivity contribution >= 4 is 58.2 Å². The molecular formula is C42H37Cl2N3O7. The van der Waals surface area contributed by atoms with E-state index in [2.05, 4.69) is 5.43 Å². The van der Waals surface area contributed by atoms with Crippen LogP contribution in [0.1, 0.15) is 42.4 Å². The molecule has 54 heavy (non-hydrogen) atoms. The van der Waals surface area contributed by atoms with E-state index in [0.29, 0.717) is 33.2 Å². The second kappa shape index (κ2) is 13.5. The van der Waals surface area contributed by atoms with E-state index >= 15 is 4.79 Å². The molecule has 6 unspecified atom stereocenters.